The minimum Gasteiger partial charge on any atom is -0.481 e. The number of carboxylic acids is 1. The molecule has 1 fully saturated rings. The summed E-state index contributed by atoms with van der Waals surface area (Å²) in [6.45, 7) is 1.99. The standard InChI is InChI=1S/C20H20F4N2O4S/c1-13-12-25(15-5-6-17(18(21)11-15)20(22,23)24)7-8-26(13)31(29,30)16-4-2-3-14(9-16)10-19(27)28/h2-6,9,11,13H,7-8,10,12H2,1H3,(H,27,28)/t13-/m0/s1. The molecule has 31 heavy (non-hydrogen) atoms. The number of hydrogen-bond acceptors (Lipinski definition) is 4. The minimum absolute atomic E-state index is 0.0351. The highest BCUT2D eigenvalue weighted by Crippen LogP contribution is 2.34. The fourth-order valence-corrected chi connectivity index (χ4v) is 5.27. The third kappa shape index (κ3) is 4.99. The summed E-state index contributed by atoms with van der Waals surface area (Å²) < 4.78 is 79.6. The number of sulfonamides is 1. The molecule has 3 rings (SSSR count). The number of rotatable bonds is 5. The van der Waals surface area contributed by atoms with Crippen LogP contribution in [-0.2, 0) is 27.4 Å². The Bertz CT molecular complexity index is 1090. The summed E-state index contributed by atoms with van der Waals surface area (Å²) in [5.41, 5.74) is -0.773. The minimum atomic E-state index is -4.79. The molecule has 11 heteroatoms. The van der Waals surface area contributed by atoms with E-state index in [4.69, 9.17) is 5.11 Å². The molecule has 1 heterocycles. The molecular weight excluding hydrogens is 440 g/mol. The van der Waals surface area contributed by atoms with Crippen LogP contribution in [0.1, 0.15) is 18.1 Å². The Morgan fingerprint density at radius 1 is 1.16 bits per heavy atom. The molecule has 0 amide bonds. The van der Waals surface area contributed by atoms with Gasteiger partial charge in [0.1, 0.15) is 5.82 Å². The maximum Gasteiger partial charge on any atom is 0.419 e. The lowest BCUT2D eigenvalue weighted by molar-refractivity contribution is -0.140. The van der Waals surface area contributed by atoms with Crippen molar-refractivity contribution in [2.75, 3.05) is 24.5 Å². The lowest BCUT2D eigenvalue weighted by Gasteiger charge is -2.40. The van der Waals surface area contributed by atoms with Crippen LogP contribution < -0.4 is 4.90 Å². The Balaban J connectivity index is 1.78. The predicted molar refractivity (Wildman–Crippen MR) is 105 cm³/mol. The largest absolute Gasteiger partial charge is 0.481 e. The summed E-state index contributed by atoms with van der Waals surface area (Å²) in [7, 11) is -3.92. The van der Waals surface area contributed by atoms with Crippen molar-refractivity contribution >= 4 is 21.7 Å². The predicted octanol–water partition coefficient (Wildman–Crippen LogP) is 3.37. The Morgan fingerprint density at radius 2 is 1.87 bits per heavy atom. The smallest absolute Gasteiger partial charge is 0.419 e. The number of anilines is 1. The van der Waals surface area contributed by atoms with Crippen LogP contribution in [0.2, 0.25) is 0 Å². The van der Waals surface area contributed by atoms with Gasteiger partial charge in [0.25, 0.3) is 0 Å². The summed E-state index contributed by atoms with van der Waals surface area (Å²) in [5.74, 6) is -2.47. The highest BCUT2D eigenvalue weighted by atomic mass is 32.2. The molecule has 1 saturated heterocycles. The molecular formula is C20H20F4N2O4S. The van der Waals surface area contributed by atoms with Crippen LogP contribution >= 0.6 is 0 Å². The van der Waals surface area contributed by atoms with Crippen LogP contribution in [0.25, 0.3) is 0 Å². The molecule has 1 atom stereocenters. The first-order chi connectivity index (χ1) is 14.4. The van der Waals surface area contributed by atoms with Gasteiger partial charge in [-0.1, -0.05) is 12.1 Å². The first kappa shape index (κ1) is 23.0. The van der Waals surface area contributed by atoms with Gasteiger partial charge in [0.15, 0.2) is 0 Å². The quantitative estimate of drug-likeness (QED) is 0.693. The van der Waals surface area contributed by atoms with E-state index in [1.165, 1.54) is 28.6 Å². The molecule has 168 valence electrons. The highest BCUT2D eigenvalue weighted by Gasteiger charge is 2.36. The molecule has 0 bridgehead atoms. The maximum atomic E-state index is 13.9. The Morgan fingerprint density at radius 3 is 2.45 bits per heavy atom. The number of aliphatic carboxylic acids is 1. The van der Waals surface area contributed by atoms with E-state index in [1.807, 2.05) is 0 Å². The molecule has 2 aromatic carbocycles. The van der Waals surface area contributed by atoms with Gasteiger partial charge in [-0.15, -0.1) is 0 Å². The third-order valence-corrected chi connectivity index (χ3v) is 7.06. The van der Waals surface area contributed by atoms with E-state index < -0.39 is 39.6 Å². The summed E-state index contributed by atoms with van der Waals surface area (Å²) in [4.78, 5) is 12.5. The molecule has 1 aliphatic rings. The SMILES string of the molecule is C[C@H]1CN(c2ccc(C(F)(F)F)c(F)c2)CCN1S(=O)(=O)c1cccc(CC(=O)O)c1. The Kier molecular flexibility index (Phi) is 6.28. The van der Waals surface area contributed by atoms with Gasteiger partial charge in [-0.3, -0.25) is 4.79 Å². The first-order valence-corrected chi connectivity index (χ1v) is 10.8. The summed E-state index contributed by atoms with van der Waals surface area (Å²) in [6, 6.07) is 7.77. The van der Waals surface area contributed by atoms with Crippen molar-refractivity contribution in [1.29, 1.82) is 0 Å². The summed E-state index contributed by atoms with van der Waals surface area (Å²) in [6.07, 6.45) is -5.11. The molecule has 0 radical (unpaired) electrons. The van der Waals surface area contributed by atoms with Crippen molar-refractivity contribution in [1.82, 2.24) is 4.31 Å². The van der Waals surface area contributed by atoms with Crippen molar-refractivity contribution in [2.24, 2.45) is 0 Å². The van der Waals surface area contributed by atoms with Gasteiger partial charge >= 0.3 is 12.1 Å². The van der Waals surface area contributed by atoms with E-state index in [1.54, 1.807) is 11.8 Å². The molecule has 6 nitrogen and oxygen atoms in total. The Hall–Kier alpha value is -2.66. The van der Waals surface area contributed by atoms with Gasteiger partial charge < -0.3 is 10.0 Å². The van der Waals surface area contributed by atoms with Crippen LogP contribution in [0.3, 0.4) is 0 Å². The van der Waals surface area contributed by atoms with Gasteiger partial charge in [-0.25, -0.2) is 12.8 Å². The van der Waals surface area contributed by atoms with E-state index in [0.717, 1.165) is 12.1 Å². The average molecular weight is 460 g/mol. The third-order valence-electron chi connectivity index (χ3n) is 5.05. The fourth-order valence-electron chi connectivity index (χ4n) is 3.59. The maximum absolute atomic E-state index is 13.9. The van der Waals surface area contributed by atoms with Gasteiger partial charge in [-0.05, 0) is 42.8 Å². The second kappa shape index (κ2) is 8.46. The van der Waals surface area contributed by atoms with E-state index in [-0.39, 0.29) is 36.6 Å². The van der Waals surface area contributed by atoms with E-state index >= 15 is 0 Å². The molecule has 0 aromatic heterocycles. The van der Waals surface area contributed by atoms with Crippen molar-refractivity contribution in [3.8, 4) is 0 Å². The topological polar surface area (TPSA) is 77.9 Å². The van der Waals surface area contributed by atoms with Crippen LogP contribution in [0.15, 0.2) is 47.4 Å². The fraction of sp³-hybridized carbons (Fsp3) is 0.350. The van der Waals surface area contributed by atoms with E-state index in [0.29, 0.717) is 11.6 Å². The monoisotopic (exact) mass is 460 g/mol. The van der Waals surface area contributed by atoms with Crippen molar-refractivity contribution in [3.05, 3.63) is 59.4 Å². The average Bonchev–Trinajstić information content (AvgIpc) is 2.66. The van der Waals surface area contributed by atoms with E-state index in [9.17, 15) is 30.8 Å². The molecule has 0 saturated carbocycles. The number of piperazine rings is 1. The second-order valence-electron chi connectivity index (χ2n) is 7.29. The number of benzene rings is 2. The first-order valence-electron chi connectivity index (χ1n) is 9.34. The summed E-state index contributed by atoms with van der Waals surface area (Å²) >= 11 is 0. The molecule has 1 N–H and O–H groups in total. The Labute approximate surface area is 176 Å². The van der Waals surface area contributed by atoms with Crippen LogP contribution in [0.5, 0.6) is 0 Å². The van der Waals surface area contributed by atoms with Gasteiger partial charge in [0.2, 0.25) is 10.0 Å². The second-order valence-corrected chi connectivity index (χ2v) is 9.18. The molecule has 0 aliphatic carbocycles. The van der Waals surface area contributed by atoms with Crippen molar-refractivity contribution in [2.45, 2.75) is 30.5 Å². The number of alkyl halides is 3. The molecule has 1 aliphatic heterocycles. The zero-order valence-electron chi connectivity index (χ0n) is 16.4. The molecule has 0 spiro atoms. The zero-order chi connectivity index (χ0) is 23.0. The van der Waals surface area contributed by atoms with Crippen LogP contribution in [-0.4, -0.2) is 49.5 Å². The zero-order valence-corrected chi connectivity index (χ0v) is 17.3. The normalized spacial score (nSPS) is 18.2. The molecule has 2 aromatic rings. The number of carboxylic acid groups (broad SMARTS) is 1. The van der Waals surface area contributed by atoms with Crippen molar-refractivity contribution in [3.63, 3.8) is 0 Å². The van der Waals surface area contributed by atoms with Crippen molar-refractivity contribution < 1.29 is 35.9 Å². The lowest BCUT2D eigenvalue weighted by atomic mass is 10.1. The number of carbonyl (C=O) groups is 1. The number of hydrogen-bond donors (Lipinski definition) is 1. The lowest BCUT2D eigenvalue weighted by Crippen LogP contribution is -2.54. The number of nitrogens with zero attached hydrogens (tertiary/aromatic N) is 2. The number of halogens is 4. The summed E-state index contributed by atoms with van der Waals surface area (Å²) in [5, 5.41) is 8.92. The molecule has 0 unspecified atom stereocenters. The van der Waals surface area contributed by atoms with Gasteiger partial charge in [-0.2, -0.15) is 17.5 Å². The van der Waals surface area contributed by atoms with E-state index in [2.05, 4.69) is 0 Å². The van der Waals surface area contributed by atoms with Crippen LogP contribution in [0.4, 0.5) is 23.2 Å². The highest BCUT2D eigenvalue weighted by molar-refractivity contribution is 7.89. The van der Waals surface area contributed by atoms with Crippen LogP contribution in [0, 0.1) is 5.82 Å². The van der Waals surface area contributed by atoms with Gasteiger partial charge in [0, 0.05) is 31.4 Å². The van der Waals surface area contributed by atoms with Gasteiger partial charge in [0.05, 0.1) is 16.9 Å².